The van der Waals surface area contributed by atoms with Gasteiger partial charge in [-0.1, -0.05) is 12.1 Å². The third-order valence-electron chi connectivity index (χ3n) is 4.67. The van der Waals surface area contributed by atoms with Crippen LogP contribution in [0, 0.1) is 18.6 Å². The molecule has 0 N–H and O–H groups in total. The topological polar surface area (TPSA) is 91.1 Å². The second-order valence-electron chi connectivity index (χ2n) is 7.33. The lowest BCUT2D eigenvalue weighted by atomic mass is 10.1. The van der Waals surface area contributed by atoms with Gasteiger partial charge in [-0.05, 0) is 38.5 Å². The average molecular weight is 449 g/mol. The lowest BCUT2D eigenvalue weighted by molar-refractivity contribution is 0.403. The predicted molar refractivity (Wildman–Crippen MR) is 112 cm³/mol. The lowest BCUT2D eigenvalue weighted by Crippen LogP contribution is -2.19. The van der Waals surface area contributed by atoms with Gasteiger partial charge in [0.25, 0.3) is 0 Å². The SMILES string of the molecule is Cc1cccc(F)c1Oc1nc(CS(=O)(=O)C(C)C)c(F)c(-c2ccc(=O)n(C)c2)n1. The quantitative estimate of drug-likeness (QED) is 0.572. The highest BCUT2D eigenvalue weighted by Gasteiger charge is 2.25. The van der Waals surface area contributed by atoms with E-state index in [4.69, 9.17) is 4.74 Å². The van der Waals surface area contributed by atoms with E-state index in [2.05, 4.69) is 9.97 Å². The Bertz CT molecular complexity index is 1280. The van der Waals surface area contributed by atoms with Crippen molar-refractivity contribution in [3.63, 3.8) is 0 Å². The third kappa shape index (κ3) is 4.79. The molecule has 7 nitrogen and oxygen atoms in total. The molecule has 3 aromatic rings. The first-order valence-electron chi connectivity index (χ1n) is 9.37. The van der Waals surface area contributed by atoms with Crippen molar-refractivity contribution in [2.24, 2.45) is 7.05 Å². The van der Waals surface area contributed by atoms with Crippen LogP contribution in [0.3, 0.4) is 0 Å². The van der Waals surface area contributed by atoms with E-state index in [1.165, 1.54) is 55.9 Å². The monoisotopic (exact) mass is 449 g/mol. The van der Waals surface area contributed by atoms with Gasteiger partial charge >= 0.3 is 6.01 Å². The molecule has 2 aromatic heterocycles. The zero-order chi connectivity index (χ0) is 22.9. The summed E-state index contributed by atoms with van der Waals surface area (Å²) in [5.41, 5.74) is -0.326. The Morgan fingerprint density at radius 1 is 1.13 bits per heavy atom. The standard InChI is InChI=1S/C21H21F2N3O4S/c1-12(2)31(28,29)11-16-18(23)19(14-8-9-17(27)26(4)10-14)25-21(24-16)30-20-13(3)6-5-7-15(20)22/h5-10,12H,11H2,1-4H3. The van der Waals surface area contributed by atoms with Crippen LogP contribution in [0.4, 0.5) is 8.78 Å². The maximum atomic E-state index is 15.3. The van der Waals surface area contributed by atoms with E-state index < -0.39 is 44.2 Å². The second kappa shape index (κ2) is 8.54. The number of halogens is 2. The van der Waals surface area contributed by atoms with E-state index in [1.807, 2.05) is 0 Å². The van der Waals surface area contributed by atoms with Crippen LogP contribution < -0.4 is 10.3 Å². The Kier molecular flexibility index (Phi) is 6.21. The number of para-hydroxylation sites is 1. The molecule has 0 saturated heterocycles. The van der Waals surface area contributed by atoms with E-state index in [0.717, 1.165) is 0 Å². The molecular formula is C21H21F2N3O4S. The predicted octanol–water partition coefficient (Wildman–Crippen LogP) is 3.54. The molecule has 0 bridgehead atoms. The van der Waals surface area contributed by atoms with E-state index in [9.17, 15) is 17.6 Å². The number of hydrogen-bond donors (Lipinski definition) is 0. The van der Waals surface area contributed by atoms with Crippen LogP contribution in [0.2, 0.25) is 0 Å². The fourth-order valence-electron chi connectivity index (χ4n) is 2.73. The summed E-state index contributed by atoms with van der Waals surface area (Å²) < 4.78 is 61.0. The zero-order valence-corrected chi connectivity index (χ0v) is 18.2. The van der Waals surface area contributed by atoms with Crippen molar-refractivity contribution in [2.75, 3.05) is 0 Å². The van der Waals surface area contributed by atoms with Crippen molar-refractivity contribution in [2.45, 2.75) is 31.8 Å². The van der Waals surface area contributed by atoms with Gasteiger partial charge in [-0.25, -0.2) is 17.2 Å². The van der Waals surface area contributed by atoms with E-state index >= 15 is 4.39 Å². The van der Waals surface area contributed by atoms with E-state index in [0.29, 0.717) is 5.56 Å². The Labute approximate surface area is 178 Å². The number of benzene rings is 1. The molecule has 2 heterocycles. The first-order chi connectivity index (χ1) is 14.5. The van der Waals surface area contributed by atoms with Gasteiger partial charge in [0.05, 0.1) is 16.7 Å². The summed E-state index contributed by atoms with van der Waals surface area (Å²) in [5.74, 6) is -2.48. The molecule has 0 radical (unpaired) electrons. The fourth-order valence-corrected chi connectivity index (χ4v) is 3.64. The van der Waals surface area contributed by atoms with Crippen LogP contribution in [0.5, 0.6) is 11.8 Å². The van der Waals surface area contributed by atoms with Crippen molar-refractivity contribution in [1.82, 2.24) is 14.5 Å². The van der Waals surface area contributed by atoms with Crippen LogP contribution in [-0.2, 0) is 22.6 Å². The zero-order valence-electron chi connectivity index (χ0n) is 17.4. The van der Waals surface area contributed by atoms with Crippen LogP contribution in [0.1, 0.15) is 25.1 Å². The summed E-state index contributed by atoms with van der Waals surface area (Å²) in [5, 5.41) is -0.763. The molecule has 0 aliphatic heterocycles. The number of aromatic nitrogens is 3. The Morgan fingerprint density at radius 3 is 2.45 bits per heavy atom. The van der Waals surface area contributed by atoms with Crippen LogP contribution >= 0.6 is 0 Å². The van der Waals surface area contributed by atoms with Gasteiger partial charge in [-0.2, -0.15) is 9.97 Å². The molecule has 0 atom stereocenters. The average Bonchev–Trinajstić information content (AvgIpc) is 2.69. The van der Waals surface area contributed by atoms with Gasteiger partial charge in [0.1, 0.15) is 5.69 Å². The van der Waals surface area contributed by atoms with Gasteiger partial charge in [-0.15, -0.1) is 0 Å². The van der Waals surface area contributed by atoms with E-state index in [-0.39, 0.29) is 22.6 Å². The number of hydrogen-bond acceptors (Lipinski definition) is 6. The maximum absolute atomic E-state index is 15.3. The number of rotatable bonds is 6. The van der Waals surface area contributed by atoms with Crippen molar-refractivity contribution < 1.29 is 21.9 Å². The molecule has 3 rings (SSSR count). The number of nitrogens with zero attached hydrogens (tertiary/aromatic N) is 3. The molecule has 0 fully saturated rings. The first-order valence-corrected chi connectivity index (χ1v) is 11.1. The van der Waals surface area contributed by atoms with Crippen molar-refractivity contribution in [3.05, 3.63) is 69.8 Å². The Balaban J connectivity index is 2.20. The molecule has 0 amide bonds. The van der Waals surface area contributed by atoms with Gasteiger partial charge in [-0.3, -0.25) is 4.79 Å². The summed E-state index contributed by atoms with van der Waals surface area (Å²) in [4.78, 5) is 19.7. The van der Waals surface area contributed by atoms with Crippen molar-refractivity contribution >= 4 is 9.84 Å². The molecule has 0 saturated carbocycles. The Morgan fingerprint density at radius 2 is 1.84 bits per heavy atom. The van der Waals surface area contributed by atoms with Crippen LogP contribution in [-0.4, -0.2) is 28.2 Å². The molecule has 0 spiro atoms. The molecule has 0 aliphatic carbocycles. The van der Waals surface area contributed by atoms with Crippen LogP contribution in [0.15, 0.2) is 41.3 Å². The summed E-state index contributed by atoms with van der Waals surface area (Å²) in [6, 6.07) is 6.46. The van der Waals surface area contributed by atoms with Crippen molar-refractivity contribution in [1.29, 1.82) is 0 Å². The summed E-state index contributed by atoms with van der Waals surface area (Å²) in [7, 11) is -2.23. The largest absolute Gasteiger partial charge is 0.421 e. The minimum absolute atomic E-state index is 0.154. The highest BCUT2D eigenvalue weighted by atomic mass is 32.2. The van der Waals surface area contributed by atoms with Gasteiger partial charge in [0, 0.05) is 24.9 Å². The highest BCUT2D eigenvalue weighted by molar-refractivity contribution is 7.91. The fraction of sp³-hybridized carbons (Fsp3) is 0.286. The van der Waals surface area contributed by atoms with Gasteiger partial charge in [0.2, 0.25) is 5.56 Å². The number of aryl methyl sites for hydroxylation is 2. The molecular weight excluding hydrogens is 428 g/mol. The molecule has 164 valence electrons. The maximum Gasteiger partial charge on any atom is 0.323 e. The Hall–Kier alpha value is -3.14. The third-order valence-corrected chi connectivity index (χ3v) is 6.78. The molecule has 0 aliphatic rings. The van der Waals surface area contributed by atoms with Crippen molar-refractivity contribution in [3.8, 4) is 23.0 Å². The lowest BCUT2D eigenvalue weighted by Gasteiger charge is -2.14. The summed E-state index contributed by atoms with van der Waals surface area (Å²) in [6.45, 7) is 4.56. The smallest absolute Gasteiger partial charge is 0.323 e. The van der Waals surface area contributed by atoms with Gasteiger partial charge in [0.15, 0.2) is 27.2 Å². The summed E-state index contributed by atoms with van der Waals surface area (Å²) in [6.07, 6.45) is 1.35. The molecule has 10 heteroatoms. The molecule has 0 unspecified atom stereocenters. The first kappa shape index (κ1) is 22.5. The molecule has 1 aromatic carbocycles. The summed E-state index contributed by atoms with van der Waals surface area (Å²) >= 11 is 0. The minimum atomic E-state index is -3.71. The van der Waals surface area contributed by atoms with Crippen LogP contribution in [0.25, 0.3) is 11.3 Å². The van der Waals surface area contributed by atoms with E-state index in [1.54, 1.807) is 13.0 Å². The minimum Gasteiger partial charge on any atom is -0.421 e. The number of pyridine rings is 1. The second-order valence-corrected chi connectivity index (χ2v) is 9.88. The number of sulfone groups is 1. The normalized spacial score (nSPS) is 11.7. The number of ether oxygens (including phenoxy) is 1. The highest BCUT2D eigenvalue weighted by Crippen LogP contribution is 2.30. The molecule has 31 heavy (non-hydrogen) atoms. The van der Waals surface area contributed by atoms with Gasteiger partial charge < -0.3 is 9.30 Å².